The van der Waals surface area contributed by atoms with Gasteiger partial charge in [0.2, 0.25) is 0 Å². The lowest BCUT2D eigenvalue weighted by molar-refractivity contribution is -0.137. The van der Waals surface area contributed by atoms with Gasteiger partial charge in [0, 0.05) is 12.4 Å². The Morgan fingerprint density at radius 1 is 1.32 bits per heavy atom. The van der Waals surface area contributed by atoms with Crippen molar-refractivity contribution in [2.75, 3.05) is 6.54 Å². The van der Waals surface area contributed by atoms with Gasteiger partial charge in [0.15, 0.2) is 5.82 Å². The van der Waals surface area contributed by atoms with Crippen LogP contribution in [0.2, 0.25) is 0 Å². The van der Waals surface area contributed by atoms with Crippen molar-refractivity contribution in [1.29, 1.82) is 0 Å². The van der Waals surface area contributed by atoms with Crippen LogP contribution in [0.15, 0.2) is 24.7 Å². The molecule has 102 valence electrons. The van der Waals surface area contributed by atoms with Gasteiger partial charge in [-0.3, -0.25) is 0 Å². The molecule has 0 unspecified atom stereocenters. The monoisotopic (exact) mass is 270 g/mol. The minimum Gasteiger partial charge on any atom is -0.330 e. The maximum atomic E-state index is 12.5. The van der Waals surface area contributed by atoms with Crippen molar-refractivity contribution in [2.45, 2.75) is 19.5 Å². The summed E-state index contributed by atoms with van der Waals surface area (Å²) >= 11 is 0. The Kier molecular flexibility index (Phi) is 3.57. The highest BCUT2D eigenvalue weighted by Crippen LogP contribution is 2.29. The van der Waals surface area contributed by atoms with Crippen LogP contribution in [0.1, 0.15) is 16.7 Å². The first-order valence-corrected chi connectivity index (χ1v) is 5.69. The van der Waals surface area contributed by atoms with E-state index in [0.29, 0.717) is 18.8 Å². The number of nitrogens with two attached hydrogens (primary N) is 1. The fourth-order valence-corrected chi connectivity index (χ4v) is 1.75. The predicted octanol–water partition coefficient (Wildman–Crippen LogP) is 2.10. The lowest BCUT2D eigenvalue weighted by Gasteiger charge is -2.07. The zero-order chi connectivity index (χ0) is 14.0. The molecule has 2 aromatic rings. The summed E-state index contributed by atoms with van der Waals surface area (Å²) in [6.07, 6.45) is -0.399. The molecule has 0 saturated heterocycles. The van der Waals surface area contributed by atoms with E-state index in [1.165, 1.54) is 0 Å². The van der Waals surface area contributed by atoms with Crippen LogP contribution in [-0.4, -0.2) is 21.3 Å². The van der Waals surface area contributed by atoms with Crippen LogP contribution >= 0.6 is 0 Å². The van der Waals surface area contributed by atoms with E-state index in [4.69, 9.17) is 5.73 Å². The van der Waals surface area contributed by atoms with Crippen LogP contribution in [0.25, 0.3) is 5.82 Å². The van der Waals surface area contributed by atoms with Gasteiger partial charge in [-0.25, -0.2) is 9.67 Å². The standard InChI is InChI=1S/C12H13F3N4/c1-8-4-9(2-3-16)5-17-11(8)19-7-10(6-18-19)12(13,14)15/h4-7H,2-3,16H2,1H3. The van der Waals surface area contributed by atoms with E-state index in [1.54, 1.807) is 13.1 Å². The molecule has 0 atom stereocenters. The Balaban J connectivity index is 2.34. The highest BCUT2D eigenvalue weighted by molar-refractivity contribution is 5.35. The predicted molar refractivity (Wildman–Crippen MR) is 63.9 cm³/mol. The third-order valence-electron chi connectivity index (χ3n) is 2.67. The molecule has 2 rings (SSSR count). The van der Waals surface area contributed by atoms with Gasteiger partial charge in [-0.1, -0.05) is 6.07 Å². The van der Waals surface area contributed by atoms with Crippen LogP contribution in [0.5, 0.6) is 0 Å². The molecular weight excluding hydrogens is 257 g/mol. The van der Waals surface area contributed by atoms with Crippen molar-refractivity contribution in [3.63, 3.8) is 0 Å². The Hall–Kier alpha value is -1.89. The molecule has 0 aliphatic heterocycles. The zero-order valence-corrected chi connectivity index (χ0v) is 10.3. The molecule has 19 heavy (non-hydrogen) atoms. The van der Waals surface area contributed by atoms with Crippen molar-refractivity contribution >= 4 is 0 Å². The number of pyridine rings is 1. The van der Waals surface area contributed by atoms with Crippen molar-refractivity contribution in [2.24, 2.45) is 5.73 Å². The Labute approximate surface area is 108 Å². The normalized spacial score (nSPS) is 11.8. The van der Waals surface area contributed by atoms with Crippen LogP contribution in [0, 0.1) is 6.92 Å². The molecule has 0 aliphatic rings. The first kappa shape index (κ1) is 13.5. The van der Waals surface area contributed by atoms with Crippen LogP contribution in [0.3, 0.4) is 0 Å². The third kappa shape index (κ3) is 2.93. The van der Waals surface area contributed by atoms with E-state index < -0.39 is 11.7 Å². The SMILES string of the molecule is Cc1cc(CCN)cnc1-n1cc(C(F)(F)F)cn1. The molecule has 0 aromatic carbocycles. The summed E-state index contributed by atoms with van der Waals surface area (Å²) in [6.45, 7) is 2.28. The first-order chi connectivity index (χ1) is 8.91. The topological polar surface area (TPSA) is 56.7 Å². The Morgan fingerprint density at radius 3 is 2.58 bits per heavy atom. The highest BCUT2D eigenvalue weighted by atomic mass is 19.4. The van der Waals surface area contributed by atoms with E-state index in [9.17, 15) is 13.2 Å². The number of alkyl halides is 3. The number of rotatable bonds is 3. The lowest BCUT2D eigenvalue weighted by Crippen LogP contribution is -2.06. The summed E-state index contributed by atoms with van der Waals surface area (Å²) in [5, 5.41) is 3.70. The highest BCUT2D eigenvalue weighted by Gasteiger charge is 2.32. The molecule has 0 saturated carbocycles. The van der Waals surface area contributed by atoms with Crippen LogP contribution in [0.4, 0.5) is 13.2 Å². The second-order valence-electron chi connectivity index (χ2n) is 4.19. The van der Waals surface area contributed by atoms with E-state index in [2.05, 4.69) is 10.1 Å². The number of aromatic nitrogens is 3. The van der Waals surface area contributed by atoms with Crippen molar-refractivity contribution in [3.8, 4) is 5.82 Å². The fraction of sp³-hybridized carbons (Fsp3) is 0.333. The summed E-state index contributed by atoms with van der Waals surface area (Å²) in [7, 11) is 0. The quantitative estimate of drug-likeness (QED) is 0.929. The molecule has 4 nitrogen and oxygen atoms in total. The number of hydrogen-bond donors (Lipinski definition) is 1. The smallest absolute Gasteiger partial charge is 0.330 e. The zero-order valence-electron chi connectivity index (χ0n) is 10.3. The molecule has 0 radical (unpaired) electrons. The third-order valence-corrected chi connectivity index (χ3v) is 2.67. The maximum Gasteiger partial charge on any atom is 0.419 e. The molecule has 2 heterocycles. The molecule has 0 bridgehead atoms. The van der Waals surface area contributed by atoms with E-state index in [-0.39, 0.29) is 0 Å². The van der Waals surface area contributed by atoms with Crippen molar-refractivity contribution in [1.82, 2.24) is 14.8 Å². The molecule has 2 N–H and O–H groups in total. The second-order valence-corrected chi connectivity index (χ2v) is 4.19. The molecule has 0 spiro atoms. The lowest BCUT2D eigenvalue weighted by atomic mass is 10.1. The van der Waals surface area contributed by atoms with Gasteiger partial charge in [0.1, 0.15) is 0 Å². The Morgan fingerprint density at radius 2 is 2.05 bits per heavy atom. The first-order valence-electron chi connectivity index (χ1n) is 5.69. The van der Waals surface area contributed by atoms with E-state index in [0.717, 1.165) is 28.2 Å². The molecule has 0 aliphatic carbocycles. The number of aryl methyl sites for hydroxylation is 1. The van der Waals surface area contributed by atoms with Gasteiger partial charge >= 0.3 is 6.18 Å². The maximum absolute atomic E-state index is 12.5. The number of halogens is 3. The van der Waals surface area contributed by atoms with Gasteiger partial charge in [-0.15, -0.1) is 0 Å². The number of hydrogen-bond acceptors (Lipinski definition) is 3. The molecule has 2 aromatic heterocycles. The van der Waals surface area contributed by atoms with Gasteiger partial charge in [-0.05, 0) is 31.0 Å². The average molecular weight is 270 g/mol. The molecule has 0 fully saturated rings. The minimum absolute atomic E-state index is 0.385. The van der Waals surface area contributed by atoms with Crippen LogP contribution in [-0.2, 0) is 12.6 Å². The number of nitrogens with zero attached hydrogens (tertiary/aromatic N) is 3. The van der Waals surface area contributed by atoms with Gasteiger partial charge < -0.3 is 5.73 Å². The van der Waals surface area contributed by atoms with E-state index >= 15 is 0 Å². The summed E-state index contributed by atoms with van der Waals surface area (Å²) in [4.78, 5) is 4.14. The molecular formula is C12H13F3N4. The molecule has 7 heteroatoms. The van der Waals surface area contributed by atoms with Gasteiger partial charge in [-0.2, -0.15) is 18.3 Å². The fourth-order valence-electron chi connectivity index (χ4n) is 1.75. The largest absolute Gasteiger partial charge is 0.419 e. The summed E-state index contributed by atoms with van der Waals surface area (Å²) in [5.74, 6) is 0.385. The Bertz CT molecular complexity index is 575. The van der Waals surface area contributed by atoms with Gasteiger partial charge in [0.25, 0.3) is 0 Å². The summed E-state index contributed by atoms with van der Waals surface area (Å²) < 4.78 is 38.6. The van der Waals surface area contributed by atoms with E-state index in [1.807, 2.05) is 6.07 Å². The van der Waals surface area contributed by atoms with Crippen molar-refractivity contribution < 1.29 is 13.2 Å². The average Bonchev–Trinajstić information content (AvgIpc) is 2.78. The van der Waals surface area contributed by atoms with Crippen LogP contribution < -0.4 is 5.73 Å². The molecule has 0 amide bonds. The summed E-state index contributed by atoms with van der Waals surface area (Å²) in [6, 6.07) is 1.85. The minimum atomic E-state index is -4.40. The van der Waals surface area contributed by atoms with Gasteiger partial charge in [0.05, 0.1) is 11.8 Å². The van der Waals surface area contributed by atoms with Crippen molar-refractivity contribution in [3.05, 3.63) is 41.3 Å². The second kappa shape index (κ2) is 5.00. The summed E-state index contributed by atoms with van der Waals surface area (Å²) in [5.41, 5.74) is 6.35.